The summed E-state index contributed by atoms with van der Waals surface area (Å²) in [5, 5.41) is 3.27. The second-order valence-corrected chi connectivity index (χ2v) is 9.58. The Hall–Kier alpha value is -0.370. The van der Waals surface area contributed by atoms with Crippen LogP contribution in [-0.2, 0) is 4.79 Å². The van der Waals surface area contributed by atoms with Gasteiger partial charge in [0.15, 0.2) is 0 Å². The van der Waals surface area contributed by atoms with Crippen molar-refractivity contribution in [3.63, 3.8) is 0 Å². The van der Waals surface area contributed by atoms with Crippen molar-refractivity contribution in [2.24, 2.45) is 47.3 Å². The lowest BCUT2D eigenvalue weighted by Crippen LogP contribution is -2.45. The normalized spacial score (nSPS) is 47.6. The minimum atomic E-state index is 0.388. The van der Waals surface area contributed by atoms with Gasteiger partial charge in [-0.25, -0.2) is 0 Å². The monoisotopic (exact) mass is 331 g/mol. The second-order valence-electron chi connectivity index (χ2n) is 9.58. The Morgan fingerprint density at radius 1 is 0.833 bits per heavy atom. The summed E-state index contributed by atoms with van der Waals surface area (Å²) in [5.74, 6) is 7.56. The quantitative estimate of drug-likeness (QED) is 0.810. The molecule has 0 aromatic heterocycles. The van der Waals surface area contributed by atoms with Gasteiger partial charge in [-0.2, -0.15) is 0 Å². The van der Waals surface area contributed by atoms with Crippen LogP contribution < -0.4 is 5.32 Å². The van der Waals surface area contributed by atoms with E-state index in [2.05, 4.69) is 19.2 Å². The standard InChI is InChI=1S/C22H37NO/c1-3-23-13-22(24)21-11-10-19-18-7-5-15-12-14(2)4-6-16(15)17(18)8-9-20(19)21/h14-21,23H,3-13H2,1-2H3. The fourth-order valence-electron chi connectivity index (χ4n) is 7.52. The van der Waals surface area contributed by atoms with E-state index in [1.807, 2.05) is 0 Å². The molecule has 0 aliphatic heterocycles. The Morgan fingerprint density at radius 3 is 2.29 bits per heavy atom. The van der Waals surface area contributed by atoms with Crippen molar-refractivity contribution in [1.29, 1.82) is 0 Å². The molecule has 8 atom stereocenters. The first-order valence-corrected chi connectivity index (χ1v) is 10.9. The predicted octanol–water partition coefficient (Wildman–Crippen LogP) is 4.68. The van der Waals surface area contributed by atoms with Crippen molar-refractivity contribution < 1.29 is 4.79 Å². The lowest BCUT2D eigenvalue weighted by molar-refractivity contribution is -0.124. The average Bonchev–Trinajstić information content (AvgIpc) is 3.03. The summed E-state index contributed by atoms with van der Waals surface area (Å²) in [6, 6.07) is 0. The molecule has 4 rings (SSSR count). The molecule has 0 spiro atoms. The van der Waals surface area contributed by atoms with E-state index in [4.69, 9.17) is 0 Å². The Bertz CT molecular complexity index is 461. The molecule has 0 radical (unpaired) electrons. The third-order valence-corrected chi connectivity index (χ3v) is 8.50. The van der Waals surface area contributed by atoms with Crippen LogP contribution in [0.25, 0.3) is 0 Å². The van der Waals surface area contributed by atoms with Crippen LogP contribution in [0.1, 0.15) is 71.6 Å². The molecule has 2 heteroatoms. The highest BCUT2D eigenvalue weighted by atomic mass is 16.1. The van der Waals surface area contributed by atoms with Gasteiger partial charge >= 0.3 is 0 Å². The number of hydrogen-bond acceptors (Lipinski definition) is 2. The molecule has 136 valence electrons. The summed E-state index contributed by atoms with van der Waals surface area (Å²) in [7, 11) is 0. The number of carbonyl (C=O) groups excluding carboxylic acids is 1. The van der Waals surface area contributed by atoms with Crippen LogP contribution in [0.2, 0.25) is 0 Å². The van der Waals surface area contributed by atoms with E-state index >= 15 is 0 Å². The minimum absolute atomic E-state index is 0.388. The minimum Gasteiger partial charge on any atom is -0.310 e. The van der Waals surface area contributed by atoms with Crippen LogP contribution in [0.15, 0.2) is 0 Å². The molecule has 0 amide bonds. The van der Waals surface area contributed by atoms with Gasteiger partial charge in [-0.15, -0.1) is 0 Å². The molecule has 4 saturated carbocycles. The number of hydrogen-bond donors (Lipinski definition) is 1. The Kier molecular flexibility index (Phi) is 5.04. The summed E-state index contributed by atoms with van der Waals surface area (Å²) in [4.78, 5) is 12.6. The first kappa shape index (κ1) is 17.1. The first-order valence-electron chi connectivity index (χ1n) is 10.9. The van der Waals surface area contributed by atoms with Gasteiger partial charge in [-0.3, -0.25) is 4.79 Å². The SMILES string of the molecule is CCNCC(=O)C1CCC2C1CCC1C3CCC(C)CC3CCC12. The second kappa shape index (κ2) is 7.09. The van der Waals surface area contributed by atoms with E-state index in [9.17, 15) is 4.79 Å². The zero-order valence-electron chi connectivity index (χ0n) is 15.8. The molecule has 4 fully saturated rings. The van der Waals surface area contributed by atoms with Crippen LogP contribution in [-0.4, -0.2) is 18.9 Å². The van der Waals surface area contributed by atoms with Crippen molar-refractivity contribution in [3.05, 3.63) is 0 Å². The zero-order valence-corrected chi connectivity index (χ0v) is 15.8. The van der Waals surface area contributed by atoms with Crippen LogP contribution in [0, 0.1) is 47.3 Å². The lowest BCUT2D eigenvalue weighted by atomic mass is 9.52. The van der Waals surface area contributed by atoms with E-state index in [0.717, 1.165) is 48.0 Å². The van der Waals surface area contributed by atoms with E-state index in [0.29, 0.717) is 18.2 Å². The molecular weight excluding hydrogens is 294 g/mol. The summed E-state index contributed by atoms with van der Waals surface area (Å²) in [6.45, 7) is 6.09. The maximum atomic E-state index is 12.6. The molecule has 8 unspecified atom stereocenters. The largest absolute Gasteiger partial charge is 0.310 e. The van der Waals surface area contributed by atoms with Crippen molar-refractivity contribution in [2.75, 3.05) is 13.1 Å². The molecule has 0 bridgehead atoms. The molecule has 0 saturated heterocycles. The number of nitrogens with one attached hydrogen (secondary N) is 1. The topological polar surface area (TPSA) is 29.1 Å². The van der Waals surface area contributed by atoms with E-state index in [1.165, 1.54) is 57.8 Å². The average molecular weight is 332 g/mol. The number of rotatable bonds is 4. The van der Waals surface area contributed by atoms with Gasteiger partial charge in [0.25, 0.3) is 0 Å². The third-order valence-electron chi connectivity index (χ3n) is 8.50. The van der Waals surface area contributed by atoms with E-state index < -0.39 is 0 Å². The summed E-state index contributed by atoms with van der Waals surface area (Å²) < 4.78 is 0. The smallest absolute Gasteiger partial charge is 0.149 e. The van der Waals surface area contributed by atoms with Crippen molar-refractivity contribution in [2.45, 2.75) is 71.6 Å². The summed E-state index contributed by atoms with van der Waals surface area (Å²) in [5.41, 5.74) is 0. The number of likely N-dealkylation sites (N-methyl/N-ethyl adjacent to an activating group) is 1. The third kappa shape index (κ3) is 2.97. The van der Waals surface area contributed by atoms with Gasteiger partial charge in [-0.1, -0.05) is 20.3 Å². The molecule has 1 N–H and O–H groups in total. The van der Waals surface area contributed by atoms with Crippen molar-refractivity contribution in [1.82, 2.24) is 5.32 Å². The van der Waals surface area contributed by atoms with Gasteiger partial charge in [0.05, 0.1) is 6.54 Å². The van der Waals surface area contributed by atoms with Crippen molar-refractivity contribution in [3.8, 4) is 0 Å². The Morgan fingerprint density at radius 2 is 1.46 bits per heavy atom. The number of carbonyl (C=O) groups is 1. The highest BCUT2D eigenvalue weighted by molar-refractivity contribution is 5.83. The molecule has 0 heterocycles. The number of Topliss-reactive ketones (excluding diaryl/α,β-unsaturated/α-hetero) is 1. The van der Waals surface area contributed by atoms with E-state index in [1.54, 1.807) is 0 Å². The fraction of sp³-hybridized carbons (Fsp3) is 0.955. The van der Waals surface area contributed by atoms with Crippen LogP contribution in [0.4, 0.5) is 0 Å². The molecule has 0 aromatic carbocycles. The summed E-state index contributed by atoms with van der Waals surface area (Å²) >= 11 is 0. The van der Waals surface area contributed by atoms with E-state index in [-0.39, 0.29) is 0 Å². The number of ketones is 1. The number of fused-ring (bicyclic) bond motifs is 5. The lowest BCUT2D eigenvalue weighted by Gasteiger charge is -2.53. The van der Waals surface area contributed by atoms with Gasteiger partial charge in [0, 0.05) is 5.92 Å². The molecule has 2 nitrogen and oxygen atoms in total. The van der Waals surface area contributed by atoms with Gasteiger partial charge in [0.1, 0.15) is 5.78 Å². The highest BCUT2D eigenvalue weighted by Gasteiger charge is 2.52. The molecule has 0 aromatic rings. The highest BCUT2D eigenvalue weighted by Crippen LogP contribution is 2.59. The van der Waals surface area contributed by atoms with Crippen molar-refractivity contribution >= 4 is 5.78 Å². The Balaban J connectivity index is 1.43. The van der Waals surface area contributed by atoms with Gasteiger partial charge < -0.3 is 5.32 Å². The maximum Gasteiger partial charge on any atom is 0.149 e. The first-order chi connectivity index (χ1) is 11.7. The predicted molar refractivity (Wildman–Crippen MR) is 98.7 cm³/mol. The molecular formula is C22H37NO. The van der Waals surface area contributed by atoms with Gasteiger partial charge in [-0.05, 0) is 99.3 Å². The van der Waals surface area contributed by atoms with Crippen LogP contribution in [0.3, 0.4) is 0 Å². The maximum absolute atomic E-state index is 12.6. The summed E-state index contributed by atoms with van der Waals surface area (Å²) in [6.07, 6.45) is 12.8. The zero-order chi connectivity index (χ0) is 16.7. The molecule has 4 aliphatic rings. The van der Waals surface area contributed by atoms with Crippen LogP contribution in [0.5, 0.6) is 0 Å². The van der Waals surface area contributed by atoms with Crippen LogP contribution >= 0.6 is 0 Å². The fourth-order valence-corrected chi connectivity index (χ4v) is 7.52. The molecule has 24 heavy (non-hydrogen) atoms. The molecule has 4 aliphatic carbocycles. The van der Waals surface area contributed by atoms with Gasteiger partial charge in [0.2, 0.25) is 0 Å². The Labute approximate surface area is 148 Å².